The first-order chi connectivity index (χ1) is 20.5. The molecule has 0 unspecified atom stereocenters. The van der Waals surface area contributed by atoms with Gasteiger partial charge in [-0.25, -0.2) is 0 Å². The fourth-order valence-electron chi connectivity index (χ4n) is 5.33. The van der Waals surface area contributed by atoms with Crippen molar-refractivity contribution < 1.29 is 19.4 Å². The van der Waals surface area contributed by atoms with Crippen LogP contribution in [0.2, 0.25) is 0 Å². The van der Waals surface area contributed by atoms with E-state index in [1.165, 1.54) is 25.7 Å². The molecule has 0 radical (unpaired) electrons. The molecular weight excluding hydrogens is 536 g/mol. The average molecular weight is 585 g/mol. The highest BCUT2D eigenvalue weighted by atomic mass is 16.5. The Morgan fingerprint density at radius 1 is 0.881 bits per heavy atom. The zero-order chi connectivity index (χ0) is 29.6. The second-order valence-electron chi connectivity index (χ2n) is 11.4. The van der Waals surface area contributed by atoms with Gasteiger partial charge < -0.3 is 41.6 Å². The summed E-state index contributed by atoms with van der Waals surface area (Å²) in [6, 6.07) is 7.39. The zero-order valence-electron chi connectivity index (χ0n) is 24.8. The van der Waals surface area contributed by atoms with E-state index in [2.05, 4.69) is 43.1 Å². The van der Waals surface area contributed by atoms with Crippen molar-refractivity contribution in [2.24, 2.45) is 17.6 Å². The van der Waals surface area contributed by atoms with Crippen molar-refractivity contribution >= 4 is 29.4 Å². The van der Waals surface area contributed by atoms with Crippen molar-refractivity contribution in [2.75, 3.05) is 62.0 Å². The van der Waals surface area contributed by atoms with E-state index in [1.54, 1.807) is 12.1 Å². The molecule has 2 aliphatic carbocycles. The quantitative estimate of drug-likeness (QED) is 0.160. The highest BCUT2D eigenvalue weighted by Gasteiger charge is 2.21. The van der Waals surface area contributed by atoms with Crippen LogP contribution in [0.25, 0.3) is 0 Å². The van der Waals surface area contributed by atoms with Gasteiger partial charge in [-0.1, -0.05) is 19.8 Å². The van der Waals surface area contributed by atoms with Crippen LogP contribution in [-0.2, 0) is 9.47 Å². The highest BCUT2D eigenvalue weighted by molar-refractivity contribution is 5.94. The van der Waals surface area contributed by atoms with E-state index in [0.29, 0.717) is 68.8 Å². The number of ether oxygens (including phenoxy) is 2. The normalized spacial score (nSPS) is 22.4. The molecule has 4 rings (SSSR count). The largest absolute Gasteiger partial charge is 0.393 e. The minimum atomic E-state index is -0.223. The third-order valence-corrected chi connectivity index (χ3v) is 7.92. The lowest BCUT2D eigenvalue weighted by Crippen LogP contribution is -2.29. The third kappa shape index (κ3) is 11.0. The van der Waals surface area contributed by atoms with Crippen molar-refractivity contribution in [3.63, 3.8) is 0 Å². The fraction of sp³-hybridized carbons (Fsp3) is 0.667. The number of rotatable bonds is 16. The first-order valence-electron chi connectivity index (χ1n) is 15.4. The van der Waals surface area contributed by atoms with Crippen LogP contribution in [0.15, 0.2) is 24.3 Å². The number of carbonyl (C=O) groups is 1. The van der Waals surface area contributed by atoms with E-state index in [4.69, 9.17) is 15.2 Å². The summed E-state index contributed by atoms with van der Waals surface area (Å²) in [5, 5.41) is 22.9. The minimum Gasteiger partial charge on any atom is -0.393 e. The number of nitrogens with one attached hydrogen (secondary N) is 4. The van der Waals surface area contributed by atoms with Crippen molar-refractivity contribution in [3.05, 3.63) is 29.8 Å². The van der Waals surface area contributed by atoms with Gasteiger partial charge in [-0.3, -0.25) is 4.79 Å². The lowest BCUT2D eigenvalue weighted by molar-refractivity contribution is 0.0511. The molecule has 0 aliphatic heterocycles. The Kier molecular flexibility index (Phi) is 13.0. The molecule has 2 aliphatic rings. The molecule has 0 spiro atoms. The van der Waals surface area contributed by atoms with Crippen molar-refractivity contribution in [2.45, 2.75) is 70.4 Å². The van der Waals surface area contributed by atoms with Crippen LogP contribution < -0.4 is 27.0 Å². The molecule has 0 saturated heterocycles. The van der Waals surface area contributed by atoms with Gasteiger partial charge in [-0.2, -0.15) is 15.0 Å². The molecule has 2 saturated carbocycles. The van der Waals surface area contributed by atoms with E-state index in [9.17, 15) is 9.90 Å². The predicted molar refractivity (Wildman–Crippen MR) is 164 cm³/mol. The number of hydrogen-bond donors (Lipinski definition) is 6. The number of nitrogens with two attached hydrogens (primary N) is 1. The Labute approximate surface area is 249 Å². The number of aliphatic hydroxyl groups is 1. The molecule has 7 N–H and O–H groups in total. The average Bonchev–Trinajstić information content (AvgIpc) is 2.99. The molecule has 1 aromatic carbocycles. The molecular formula is C30H48N8O4. The lowest BCUT2D eigenvalue weighted by atomic mass is 9.83. The summed E-state index contributed by atoms with van der Waals surface area (Å²) >= 11 is 0. The van der Waals surface area contributed by atoms with E-state index in [0.717, 1.165) is 43.8 Å². The Balaban J connectivity index is 1.32. The van der Waals surface area contributed by atoms with Crippen LogP contribution in [0, 0.1) is 11.8 Å². The Morgan fingerprint density at radius 3 is 2.26 bits per heavy atom. The van der Waals surface area contributed by atoms with Crippen molar-refractivity contribution in [1.82, 2.24) is 20.3 Å². The fourth-order valence-corrected chi connectivity index (χ4v) is 5.33. The van der Waals surface area contributed by atoms with E-state index >= 15 is 0 Å². The number of amides is 1. The van der Waals surface area contributed by atoms with Gasteiger partial charge in [-0.05, 0) is 74.6 Å². The molecule has 2 fully saturated rings. The molecule has 1 heterocycles. The van der Waals surface area contributed by atoms with Crippen LogP contribution in [0.5, 0.6) is 0 Å². The smallest absolute Gasteiger partial charge is 0.251 e. The molecule has 0 bridgehead atoms. The summed E-state index contributed by atoms with van der Waals surface area (Å²) in [5.41, 5.74) is 6.69. The highest BCUT2D eigenvalue weighted by Crippen LogP contribution is 2.28. The predicted octanol–water partition coefficient (Wildman–Crippen LogP) is 3.29. The molecule has 12 heteroatoms. The van der Waals surface area contributed by atoms with Gasteiger partial charge in [0, 0.05) is 36.9 Å². The van der Waals surface area contributed by atoms with Gasteiger partial charge in [0.15, 0.2) is 0 Å². The number of aromatic nitrogens is 3. The topological polar surface area (TPSA) is 169 Å². The summed E-state index contributed by atoms with van der Waals surface area (Å²) in [6.45, 7) is 5.93. The molecule has 42 heavy (non-hydrogen) atoms. The van der Waals surface area contributed by atoms with Crippen LogP contribution in [0.4, 0.5) is 23.5 Å². The first-order valence-corrected chi connectivity index (χ1v) is 15.4. The van der Waals surface area contributed by atoms with Gasteiger partial charge in [-0.15, -0.1) is 0 Å². The number of aliphatic hydroxyl groups excluding tert-OH is 1. The Morgan fingerprint density at radius 2 is 1.55 bits per heavy atom. The minimum absolute atomic E-state index is 0.169. The van der Waals surface area contributed by atoms with Crippen LogP contribution in [-0.4, -0.2) is 84.2 Å². The molecule has 1 amide bonds. The first kappa shape index (κ1) is 31.9. The van der Waals surface area contributed by atoms with Crippen LogP contribution in [0.1, 0.15) is 68.6 Å². The number of carbonyl (C=O) groups excluding carboxylic acids is 1. The SMILES string of the molecule is CC1CCC(CNc2nc(Nc3ccc(C(=O)NCCOCCOCCN)cc3)nc(NC3CCC(O)CC3)n2)CC1. The lowest BCUT2D eigenvalue weighted by Gasteiger charge is -2.27. The van der Waals surface area contributed by atoms with Crippen LogP contribution >= 0.6 is 0 Å². The summed E-state index contributed by atoms with van der Waals surface area (Å²) in [5.74, 6) is 2.73. The summed E-state index contributed by atoms with van der Waals surface area (Å²) < 4.78 is 10.7. The van der Waals surface area contributed by atoms with Crippen molar-refractivity contribution in [3.8, 4) is 0 Å². The second kappa shape index (κ2) is 17.2. The molecule has 232 valence electrons. The van der Waals surface area contributed by atoms with Gasteiger partial charge in [0.05, 0.1) is 32.5 Å². The van der Waals surface area contributed by atoms with E-state index < -0.39 is 0 Å². The summed E-state index contributed by atoms with van der Waals surface area (Å²) in [7, 11) is 0. The molecule has 12 nitrogen and oxygen atoms in total. The maximum Gasteiger partial charge on any atom is 0.251 e. The number of anilines is 4. The van der Waals surface area contributed by atoms with Crippen LogP contribution in [0.3, 0.4) is 0 Å². The van der Waals surface area contributed by atoms with Gasteiger partial charge in [0.2, 0.25) is 17.8 Å². The van der Waals surface area contributed by atoms with Crippen molar-refractivity contribution in [1.29, 1.82) is 0 Å². The third-order valence-electron chi connectivity index (χ3n) is 7.92. The second-order valence-corrected chi connectivity index (χ2v) is 11.4. The summed E-state index contributed by atoms with van der Waals surface area (Å²) in [4.78, 5) is 26.4. The molecule has 1 aromatic heterocycles. The molecule has 2 aromatic rings. The number of nitrogens with zero attached hydrogens (tertiary/aromatic N) is 3. The van der Waals surface area contributed by atoms with E-state index in [-0.39, 0.29) is 18.1 Å². The Bertz CT molecular complexity index is 1070. The number of benzene rings is 1. The maximum atomic E-state index is 12.5. The monoisotopic (exact) mass is 584 g/mol. The standard InChI is InChI=1S/C30H48N8O4/c1-21-2-4-22(5-3-21)20-33-28-36-29(38-30(37-28)35-25-10-12-26(39)13-11-25)34-24-8-6-23(7-9-24)27(40)32-15-17-42-19-18-41-16-14-31/h6-9,21-22,25-26,39H,2-5,10-20,31H2,1H3,(H,32,40)(H3,33,34,35,36,37,38). The zero-order valence-corrected chi connectivity index (χ0v) is 24.8. The van der Waals surface area contributed by atoms with E-state index in [1.807, 2.05) is 12.1 Å². The maximum absolute atomic E-state index is 12.5. The number of hydrogen-bond acceptors (Lipinski definition) is 11. The summed E-state index contributed by atoms with van der Waals surface area (Å²) in [6.07, 6.45) is 8.04. The molecule has 0 atom stereocenters. The van der Waals surface area contributed by atoms with Gasteiger partial charge >= 0.3 is 0 Å². The Hall–Kier alpha value is -3.06. The van der Waals surface area contributed by atoms with Gasteiger partial charge in [0.1, 0.15) is 0 Å². The van der Waals surface area contributed by atoms with Gasteiger partial charge in [0.25, 0.3) is 5.91 Å².